The van der Waals surface area contributed by atoms with E-state index in [1.165, 1.54) is 4.90 Å². The van der Waals surface area contributed by atoms with Gasteiger partial charge < -0.3 is 4.74 Å². The highest BCUT2D eigenvalue weighted by molar-refractivity contribution is 7.99. The van der Waals surface area contributed by atoms with Crippen LogP contribution in [0.5, 0.6) is 0 Å². The van der Waals surface area contributed by atoms with Crippen molar-refractivity contribution in [1.29, 1.82) is 0 Å². The molecule has 0 saturated carbocycles. The Hall–Kier alpha value is -1.32. The number of thioether (sulfide) groups is 1. The van der Waals surface area contributed by atoms with Crippen LogP contribution in [0.15, 0.2) is 59.0 Å². The van der Waals surface area contributed by atoms with Crippen molar-refractivity contribution in [2.75, 3.05) is 5.75 Å². The molecule has 0 unspecified atom stereocenters. The molecule has 0 radical (unpaired) electrons. The zero-order valence-electron chi connectivity index (χ0n) is 10.4. The zero-order chi connectivity index (χ0) is 12.8. The van der Waals surface area contributed by atoms with Crippen molar-refractivity contribution < 1.29 is 9.53 Å². The van der Waals surface area contributed by atoms with Crippen LogP contribution < -0.4 is 0 Å². The van der Waals surface area contributed by atoms with E-state index in [2.05, 4.69) is 24.3 Å². The quantitative estimate of drug-likeness (QED) is 0.624. The number of benzene rings is 1. The van der Waals surface area contributed by atoms with Crippen LogP contribution in [-0.4, -0.2) is 23.7 Å². The van der Waals surface area contributed by atoms with E-state index in [9.17, 15) is 4.79 Å². The minimum absolute atomic E-state index is 0.0259. The van der Waals surface area contributed by atoms with Crippen LogP contribution in [-0.2, 0) is 9.53 Å². The van der Waals surface area contributed by atoms with Crippen LogP contribution in [0.4, 0.5) is 0 Å². The Balaban J connectivity index is 1.49. The zero-order valence-corrected chi connectivity index (χ0v) is 11.2. The highest BCUT2D eigenvalue weighted by Crippen LogP contribution is 2.46. The van der Waals surface area contributed by atoms with E-state index in [4.69, 9.17) is 4.74 Å². The molecule has 2 bridgehead atoms. The van der Waals surface area contributed by atoms with Gasteiger partial charge in [0.15, 0.2) is 5.78 Å². The Bertz CT molecular complexity index is 576. The molecule has 4 atom stereocenters. The van der Waals surface area contributed by atoms with Gasteiger partial charge in [-0.2, -0.15) is 0 Å². The lowest BCUT2D eigenvalue weighted by atomic mass is 9.85. The van der Waals surface area contributed by atoms with Crippen molar-refractivity contribution in [2.24, 2.45) is 11.8 Å². The fraction of sp³-hybridized carbons (Fsp3) is 0.312. The molecule has 1 aliphatic carbocycles. The molecule has 0 N–H and O–H groups in total. The molecule has 0 amide bonds. The maximum absolute atomic E-state index is 12.4. The van der Waals surface area contributed by atoms with Gasteiger partial charge in [0.25, 0.3) is 0 Å². The second kappa shape index (κ2) is 4.36. The topological polar surface area (TPSA) is 26.3 Å². The van der Waals surface area contributed by atoms with E-state index in [-0.39, 0.29) is 24.0 Å². The minimum atomic E-state index is 0.0259. The normalized spacial score (nSPS) is 34.7. The summed E-state index contributed by atoms with van der Waals surface area (Å²) in [5, 5.41) is 0. The lowest BCUT2D eigenvalue weighted by molar-refractivity contribution is -0.119. The van der Waals surface area contributed by atoms with Crippen molar-refractivity contribution >= 4 is 17.5 Å². The number of fused-ring (bicyclic) bond motifs is 5. The second-order valence-corrected chi connectivity index (χ2v) is 6.26. The highest BCUT2D eigenvalue weighted by Gasteiger charge is 2.52. The largest absolute Gasteiger partial charge is 0.365 e. The van der Waals surface area contributed by atoms with E-state index in [0.717, 1.165) is 11.3 Å². The lowest BCUT2D eigenvalue weighted by Gasteiger charge is -2.14. The SMILES string of the molecule is O=C1C(CSc2ccccc2)=C[C@@H]2[C@H]1[C@H]1C=C[C@@H]2O1. The number of hydrogen-bond donors (Lipinski definition) is 0. The molecule has 96 valence electrons. The van der Waals surface area contributed by atoms with Crippen molar-refractivity contribution in [2.45, 2.75) is 17.1 Å². The molecule has 4 rings (SSSR count). The van der Waals surface area contributed by atoms with E-state index in [1.54, 1.807) is 11.8 Å². The summed E-state index contributed by atoms with van der Waals surface area (Å²) in [6, 6.07) is 10.2. The van der Waals surface area contributed by atoms with Gasteiger partial charge in [-0.25, -0.2) is 0 Å². The standard InChI is InChI=1S/C16H14O2S/c17-16-10(9-19-11-4-2-1-3-5-11)8-12-13-6-7-14(18-13)15(12)16/h1-8,12-15H,9H2/t12-,13-,14+,15-/m0/s1. The van der Waals surface area contributed by atoms with Crippen molar-refractivity contribution in [3.8, 4) is 0 Å². The van der Waals surface area contributed by atoms with Crippen LogP contribution in [0.2, 0.25) is 0 Å². The molecule has 3 heteroatoms. The molecule has 1 aromatic carbocycles. The summed E-state index contributed by atoms with van der Waals surface area (Å²) in [6.45, 7) is 0. The van der Waals surface area contributed by atoms with Crippen molar-refractivity contribution in [3.63, 3.8) is 0 Å². The van der Waals surface area contributed by atoms with Gasteiger partial charge in [0.1, 0.15) is 0 Å². The highest BCUT2D eigenvalue weighted by atomic mass is 32.2. The average Bonchev–Trinajstić information content (AvgIpc) is 3.11. The predicted octanol–water partition coefficient (Wildman–Crippen LogP) is 2.86. The van der Waals surface area contributed by atoms with Crippen LogP contribution in [0.3, 0.4) is 0 Å². The Kier molecular flexibility index (Phi) is 2.64. The van der Waals surface area contributed by atoms with E-state index in [1.807, 2.05) is 24.3 Å². The molecule has 2 aliphatic heterocycles. The summed E-state index contributed by atoms with van der Waals surface area (Å²) < 4.78 is 5.74. The summed E-state index contributed by atoms with van der Waals surface area (Å²) in [5.41, 5.74) is 0.978. The number of Topliss-reactive ketones (excluding diaryl/α,β-unsaturated/α-hetero) is 1. The molecule has 1 saturated heterocycles. The van der Waals surface area contributed by atoms with Crippen molar-refractivity contribution in [1.82, 2.24) is 0 Å². The molecule has 1 aromatic rings. The number of carbonyl (C=O) groups excluding carboxylic acids is 1. The number of hydrogen-bond acceptors (Lipinski definition) is 3. The van der Waals surface area contributed by atoms with Crippen LogP contribution >= 0.6 is 11.8 Å². The van der Waals surface area contributed by atoms with Crippen LogP contribution in [0.1, 0.15) is 0 Å². The van der Waals surface area contributed by atoms with Crippen LogP contribution in [0, 0.1) is 11.8 Å². The van der Waals surface area contributed by atoms with Gasteiger partial charge in [-0.1, -0.05) is 36.4 Å². The number of ether oxygens (including phenoxy) is 1. The molecule has 0 spiro atoms. The molecule has 3 aliphatic rings. The summed E-state index contributed by atoms with van der Waals surface area (Å²) in [7, 11) is 0. The van der Waals surface area contributed by atoms with Gasteiger partial charge in [-0.05, 0) is 12.1 Å². The smallest absolute Gasteiger partial charge is 0.166 e. The van der Waals surface area contributed by atoms with Gasteiger partial charge in [0.05, 0.1) is 18.1 Å². The molecule has 2 heterocycles. The first-order valence-electron chi connectivity index (χ1n) is 6.59. The van der Waals surface area contributed by atoms with Gasteiger partial charge >= 0.3 is 0 Å². The summed E-state index contributed by atoms with van der Waals surface area (Å²) in [6.07, 6.45) is 6.46. The molecule has 19 heavy (non-hydrogen) atoms. The number of carbonyl (C=O) groups is 1. The second-order valence-electron chi connectivity index (χ2n) is 5.21. The van der Waals surface area contributed by atoms with Crippen molar-refractivity contribution in [3.05, 3.63) is 54.1 Å². The Morgan fingerprint density at radius 2 is 1.89 bits per heavy atom. The molecule has 0 aromatic heterocycles. The fourth-order valence-electron chi connectivity index (χ4n) is 3.19. The predicted molar refractivity (Wildman–Crippen MR) is 75.0 cm³/mol. The maximum atomic E-state index is 12.4. The van der Waals surface area contributed by atoms with Gasteiger partial charge in [-0.3, -0.25) is 4.79 Å². The fourth-order valence-corrected chi connectivity index (χ4v) is 4.10. The molecular weight excluding hydrogens is 256 g/mol. The lowest BCUT2D eigenvalue weighted by Crippen LogP contribution is -2.25. The minimum Gasteiger partial charge on any atom is -0.365 e. The molecular formula is C16H14O2S. The van der Waals surface area contributed by atoms with Gasteiger partial charge in [-0.15, -0.1) is 11.8 Å². The molecule has 1 fully saturated rings. The Labute approximate surface area is 116 Å². The average molecular weight is 270 g/mol. The Morgan fingerprint density at radius 3 is 2.68 bits per heavy atom. The third-order valence-corrected chi connectivity index (χ3v) is 5.16. The third-order valence-electron chi connectivity index (χ3n) is 4.10. The summed E-state index contributed by atoms with van der Waals surface area (Å²) in [4.78, 5) is 13.6. The number of ketones is 1. The number of rotatable bonds is 3. The van der Waals surface area contributed by atoms with E-state index >= 15 is 0 Å². The summed E-state index contributed by atoms with van der Waals surface area (Å²) >= 11 is 1.73. The summed E-state index contributed by atoms with van der Waals surface area (Å²) in [5.74, 6) is 1.41. The van der Waals surface area contributed by atoms with Crippen LogP contribution in [0.25, 0.3) is 0 Å². The first-order chi connectivity index (χ1) is 9.33. The van der Waals surface area contributed by atoms with E-state index < -0.39 is 0 Å². The Morgan fingerprint density at radius 1 is 1.11 bits per heavy atom. The van der Waals surface area contributed by atoms with Gasteiger partial charge in [0.2, 0.25) is 0 Å². The maximum Gasteiger partial charge on any atom is 0.166 e. The van der Waals surface area contributed by atoms with Gasteiger partial charge in [0, 0.05) is 22.1 Å². The monoisotopic (exact) mass is 270 g/mol. The van der Waals surface area contributed by atoms with E-state index in [0.29, 0.717) is 5.78 Å². The first-order valence-corrected chi connectivity index (χ1v) is 7.58. The first kappa shape index (κ1) is 11.5. The third kappa shape index (κ3) is 1.80. The molecule has 2 nitrogen and oxygen atoms in total.